The Morgan fingerprint density at radius 2 is 1.45 bits per heavy atom. The van der Waals surface area contributed by atoms with Gasteiger partial charge < -0.3 is 20.1 Å². The lowest BCUT2D eigenvalue weighted by molar-refractivity contribution is -0.138. The molecule has 1 aliphatic carbocycles. The van der Waals surface area contributed by atoms with Crippen LogP contribution in [0.3, 0.4) is 0 Å². The summed E-state index contributed by atoms with van der Waals surface area (Å²) in [5.41, 5.74) is 3.34. The summed E-state index contributed by atoms with van der Waals surface area (Å²) in [7, 11) is 0. The number of benzene rings is 4. The van der Waals surface area contributed by atoms with Crippen LogP contribution in [0.15, 0.2) is 109 Å². The number of aliphatic carboxylic acids is 1. The molecular weight excluding hydrogens is 588 g/mol. The Kier molecular flexibility index (Phi) is 12.2. The molecule has 47 heavy (non-hydrogen) atoms. The average Bonchev–Trinajstić information content (AvgIpc) is 3.11. The Bertz CT molecular complexity index is 1580. The number of hydrogen-bond acceptors (Lipinski definition) is 5. The van der Waals surface area contributed by atoms with E-state index in [9.17, 15) is 19.5 Å². The molecule has 0 bridgehead atoms. The van der Waals surface area contributed by atoms with Crippen molar-refractivity contribution in [2.45, 2.75) is 64.0 Å². The number of rotatable bonds is 16. The van der Waals surface area contributed by atoms with Gasteiger partial charge in [0.15, 0.2) is 5.78 Å². The van der Waals surface area contributed by atoms with Crippen LogP contribution >= 0.6 is 0 Å². The molecule has 0 saturated heterocycles. The fourth-order valence-corrected chi connectivity index (χ4v) is 6.23. The summed E-state index contributed by atoms with van der Waals surface area (Å²) in [5.74, 6) is 0.286. The summed E-state index contributed by atoms with van der Waals surface area (Å²) in [5, 5.41) is 13.1. The zero-order valence-electron chi connectivity index (χ0n) is 26.9. The molecule has 1 atom stereocenters. The van der Waals surface area contributed by atoms with Crippen molar-refractivity contribution in [1.29, 1.82) is 0 Å². The number of carboxylic acids is 1. The van der Waals surface area contributed by atoms with E-state index in [0.29, 0.717) is 54.6 Å². The number of nitrogens with one attached hydrogen (secondary N) is 1. The predicted octanol–water partition coefficient (Wildman–Crippen LogP) is 7.79. The third kappa shape index (κ3) is 10.0. The molecule has 0 spiro atoms. The maximum Gasteiger partial charge on any atom is 0.326 e. The first-order chi connectivity index (χ1) is 23.0. The van der Waals surface area contributed by atoms with Crippen molar-refractivity contribution in [3.63, 3.8) is 0 Å². The average molecular weight is 633 g/mol. The second-order valence-electron chi connectivity index (χ2n) is 12.3. The van der Waals surface area contributed by atoms with Crippen LogP contribution in [0.1, 0.15) is 72.0 Å². The Balaban J connectivity index is 1.17. The van der Waals surface area contributed by atoms with E-state index in [0.717, 1.165) is 17.5 Å². The van der Waals surface area contributed by atoms with E-state index >= 15 is 0 Å². The maximum absolute atomic E-state index is 13.3. The van der Waals surface area contributed by atoms with Gasteiger partial charge in [0.1, 0.15) is 18.4 Å². The third-order valence-corrected chi connectivity index (χ3v) is 8.89. The molecule has 1 amide bonds. The van der Waals surface area contributed by atoms with Crippen LogP contribution in [0.25, 0.3) is 0 Å². The molecule has 1 saturated carbocycles. The van der Waals surface area contributed by atoms with Crippen molar-refractivity contribution in [1.82, 2.24) is 4.90 Å². The summed E-state index contributed by atoms with van der Waals surface area (Å²) in [6.07, 6.45) is 8.05. The topological polar surface area (TPSA) is 95.9 Å². The normalized spacial score (nSPS) is 13.8. The Morgan fingerprint density at radius 3 is 2.15 bits per heavy atom. The van der Waals surface area contributed by atoms with E-state index in [2.05, 4.69) is 5.32 Å². The van der Waals surface area contributed by atoms with E-state index < -0.39 is 12.0 Å². The van der Waals surface area contributed by atoms with Gasteiger partial charge >= 0.3 is 5.97 Å². The minimum Gasteiger partial charge on any atom is -0.492 e. The smallest absolute Gasteiger partial charge is 0.326 e. The second kappa shape index (κ2) is 17.1. The van der Waals surface area contributed by atoms with E-state index in [4.69, 9.17) is 4.74 Å². The van der Waals surface area contributed by atoms with E-state index in [-0.39, 0.29) is 18.1 Å². The summed E-state index contributed by atoms with van der Waals surface area (Å²) < 4.78 is 6.04. The van der Waals surface area contributed by atoms with Crippen LogP contribution < -0.4 is 10.1 Å². The monoisotopic (exact) mass is 632 g/mol. The largest absolute Gasteiger partial charge is 0.492 e. The summed E-state index contributed by atoms with van der Waals surface area (Å²) in [6, 6.07) is 32.4. The molecule has 4 aromatic rings. The van der Waals surface area contributed by atoms with Crippen LogP contribution in [-0.4, -0.2) is 46.9 Å². The maximum atomic E-state index is 13.3. The van der Waals surface area contributed by atoms with E-state index in [1.54, 1.807) is 48.5 Å². The summed E-state index contributed by atoms with van der Waals surface area (Å²) in [4.78, 5) is 40.6. The molecule has 5 rings (SSSR count). The van der Waals surface area contributed by atoms with Gasteiger partial charge in [-0.25, -0.2) is 4.79 Å². The van der Waals surface area contributed by atoms with E-state index in [1.807, 2.05) is 65.6 Å². The number of carbonyl (C=O) groups is 3. The molecule has 0 aromatic heterocycles. The Hall–Kier alpha value is -4.91. The van der Waals surface area contributed by atoms with Crippen molar-refractivity contribution in [2.24, 2.45) is 5.92 Å². The number of hydrogen-bond donors (Lipinski definition) is 2. The number of carboxylic acid groups (broad SMARTS) is 1. The predicted molar refractivity (Wildman–Crippen MR) is 185 cm³/mol. The van der Waals surface area contributed by atoms with Gasteiger partial charge in [0, 0.05) is 36.2 Å². The highest BCUT2D eigenvalue weighted by Crippen LogP contribution is 2.28. The lowest BCUT2D eigenvalue weighted by Gasteiger charge is -2.25. The molecule has 0 radical (unpaired) electrons. The molecule has 1 aliphatic rings. The molecular formula is C40H44N2O5. The van der Waals surface area contributed by atoms with Crippen molar-refractivity contribution in [2.75, 3.05) is 18.5 Å². The minimum atomic E-state index is -1.01. The number of ketones is 1. The molecule has 0 unspecified atom stereocenters. The molecule has 244 valence electrons. The van der Waals surface area contributed by atoms with Crippen LogP contribution in [0, 0.1) is 5.92 Å². The van der Waals surface area contributed by atoms with Gasteiger partial charge in [0.25, 0.3) is 0 Å². The molecule has 4 aromatic carbocycles. The fraction of sp³-hybridized carbons (Fsp3) is 0.325. The number of ether oxygens (including phenoxy) is 1. The first-order valence-electron chi connectivity index (χ1n) is 16.7. The highest BCUT2D eigenvalue weighted by atomic mass is 16.5. The van der Waals surface area contributed by atoms with Gasteiger partial charge in [0.05, 0.1) is 6.54 Å². The molecule has 0 aliphatic heterocycles. The molecule has 0 heterocycles. The molecule has 2 N–H and O–H groups in total. The number of anilines is 1. The summed E-state index contributed by atoms with van der Waals surface area (Å²) >= 11 is 0. The molecule has 7 heteroatoms. The Labute approximate surface area is 277 Å². The van der Waals surface area contributed by atoms with Gasteiger partial charge in [-0.3, -0.25) is 9.59 Å². The van der Waals surface area contributed by atoms with Crippen LogP contribution in [0.2, 0.25) is 0 Å². The van der Waals surface area contributed by atoms with Crippen LogP contribution in [0.5, 0.6) is 5.75 Å². The highest BCUT2D eigenvalue weighted by molar-refractivity contribution is 6.12. The van der Waals surface area contributed by atoms with E-state index in [1.165, 1.54) is 32.1 Å². The van der Waals surface area contributed by atoms with Gasteiger partial charge in [-0.2, -0.15) is 0 Å². The van der Waals surface area contributed by atoms with Crippen molar-refractivity contribution in [3.8, 4) is 5.75 Å². The molecule has 7 nitrogen and oxygen atoms in total. The quantitative estimate of drug-likeness (QED) is 0.122. The van der Waals surface area contributed by atoms with Crippen LogP contribution in [0.4, 0.5) is 5.69 Å². The first-order valence-corrected chi connectivity index (χ1v) is 16.7. The van der Waals surface area contributed by atoms with Gasteiger partial charge in [0.2, 0.25) is 5.91 Å². The lowest BCUT2D eigenvalue weighted by atomic mass is 9.86. The number of amides is 1. The van der Waals surface area contributed by atoms with Crippen molar-refractivity contribution >= 4 is 23.3 Å². The fourth-order valence-electron chi connectivity index (χ4n) is 6.23. The number of carbonyl (C=O) groups excluding carboxylic acids is 2. The zero-order valence-corrected chi connectivity index (χ0v) is 26.9. The number of nitrogens with zero attached hydrogens (tertiary/aromatic N) is 1. The third-order valence-electron chi connectivity index (χ3n) is 8.89. The first kappa shape index (κ1) is 33.5. The Morgan fingerprint density at radius 1 is 0.787 bits per heavy atom. The SMILES string of the molecule is O=C(c1ccccc1)c1ccccc1N[C@@H](Cc1ccc(OCCN(Cc2ccccc2)C(=O)CCC2CCCCC2)cc1)C(=O)O. The second-order valence-corrected chi connectivity index (χ2v) is 12.3. The number of para-hydroxylation sites is 1. The van der Waals surface area contributed by atoms with Gasteiger partial charge in [-0.1, -0.05) is 117 Å². The van der Waals surface area contributed by atoms with Gasteiger partial charge in [-0.15, -0.1) is 0 Å². The minimum absolute atomic E-state index is 0.164. The van der Waals surface area contributed by atoms with Crippen molar-refractivity contribution < 1.29 is 24.2 Å². The van der Waals surface area contributed by atoms with Gasteiger partial charge in [-0.05, 0) is 47.7 Å². The lowest BCUT2D eigenvalue weighted by Crippen LogP contribution is -2.34. The standard InChI is InChI=1S/C40H44N2O5/c43-38(25-22-30-12-4-1-5-13-30)42(29-32-14-6-2-7-15-32)26-27-47-34-23-20-31(21-24-34)28-37(40(45)46)41-36-19-11-10-18-35(36)39(44)33-16-8-3-9-17-33/h2-3,6-11,14-21,23-24,30,37,41H,1,4-5,12-13,22,25-29H2,(H,45,46)/t37-/m0/s1. The summed E-state index contributed by atoms with van der Waals surface area (Å²) in [6.45, 7) is 1.38. The zero-order chi connectivity index (χ0) is 32.8. The van der Waals surface area contributed by atoms with Crippen LogP contribution in [-0.2, 0) is 22.6 Å². The van der Waals surface area contributed by atoms with Crippen molar-refractivity contribution in [3.05, 3.63) is 131 Å². The highest BCUT2D eigenvalue weighted by Gasteiger charge is 2.22. The molecule has 1 fully saturated rings.